The second-order valence-electron chi connectivity index (χ2n) is 4.62. The van der Waals surface area contributed by atoms with Crippen LogP contribution in [0.3, 0.4) is 0 Å². The molecule has 0 aromatic carbocycles. The van der Waals surface area contributed by atoms with E-state index in [9.17, 15) is 9.90 Å². The minimum absolute atomic E-state index is 0. The van der Waals surface area contributed by atoms with Crippen LogP contribution in [0.5, 0.6) is 0 Å². The predicted octanol–water partition coefficient (Wildman–Crippen LogP) is 0.841. The Morgan fingerprint density at radius 3 is 3.00 bits per heavy atom. The van der Waals surface area contributed by atoms with Gasteiger partial charge in [-0.05, 0) is 31.4 Å². The number of halogens is 1. The maximum Gasteiger partial charge on any atom is 0.356 e. The number of aromatic amines is 1. The number of fused-ring (bicyclic) bond motifs is 3. The summed E-state index contributed by atoms with van der Waals surface area (Å²) >= 11 is 0. The number of rotatable bonds is 4. The summed E-state index contributed by atoms with van der Waals surface area (Å²) in [6, 6.07) is 0. The molecule has 2 heterocycles. The molecule has 7 nitrogen and oxygen atoms in total. The van der Waals surface area contributed by atoms with E-state index in [4.69, 9.17) is 5.73 Å². The third-order valence-corrected chi connectivity index (χ3v) is 3.43. The number of aromatic nitrogens is 4. The van der Waals surface area contributed by atoms with E-state index >= 15 is 0 Å². The Balaban J connectivity index is 0.00000147. The molecule has 1 aliphatic carbocycles. The van der Waals surface area contributed by atoms with Crippen LogP contribution < -0.4 is 5.73 Å². The topological polar surface area (TPSA) is 110 Å². The van der Waals surface area contributed by atoms with Crippen molar-refractivity contribution in [1.82, 2.24) is 20.0 Å². The molecule has 20 heavy (non-hydrogen) atoms. The van der Waals surface area contributed by atoms with E-state index in [-0.39, 0.29) is 18.1 Å². The van der Waals surface area contributed by atoms with Crippen LogP contribution in [0.1, 0.15) is 28.0 Å². The van der Waals surface area contributed by atoms with E-state index in [1.807, 2.05) is 0 Å². The number of nitrogens with zero attached hydrogens (tertiary/aromatic N) is 3. The first kappa shape index (κ1) is 14.5. The first-order valence-electron chi connectivity index (χ1n) is 6.28. The van der Waals surface area contributed by atoms with Crippen molar-refractivity contribution in [1.29, 1.82) is 0 Å². The summed E-state index contributed by atoms with van der Waals surface area (Å²) in [6.07, 6.45) is 4.03. The quantitative estimate of drug-likeness (QED) is 0.774. The summed E-state index contributed by atoms with van der Waals surface area (Å²) in [4.78, 5) is 11.3. The van der Waals surface area contributed by atoms with E-state index in [1.165, 1.54) is 0 Å². The molecule has 0 radical (unpaired) electrons. The number of hydrogen-bond acceptors (Lipinski definition) is 4. The molecular formula is C12H16ClN5O2. The average molecular weight is 298 g/mol. The molecule has 0 aliphatic heterocycles. The summed E-state index contributed by atoms with van der Waals surface area (Å²) < 4.78 is 1.74. The molecule has 0 bridgehead atoms. The standard InChI is InChI=1S/C12H15N5O2.ClH/c13-4-1-5-17-11-8(10(16-17)12(18)19)3-2-7-6-14-15-9(7)11;/h6H,1-5,13H2,(H,14,15)(H,18,19);1H. The zero-order valence-electron chi connectivity index (χ0n) is 10.8. The molecule has 0 atom stereocenters. The van der Waals surface area contributed by atoms with Crippen molar-refractivity contribution in [3.05, 3.63) is 23.0 Å². The monoisotopic (exact) mass is 297 g/mol. The van der Waals surface area contributed by atoms with Crippen molar-refractivity contribution in [2.24, 2.45) is 5.73 Å². The zero-order valence-corrected chi connectivity index (χ0v) is 11.6. The fourth-order valence-electron chi connectivity index (χ4n) is 2.56. The van der Waals surface area contributed by atoms with Crippen molar-refractivity contribution in [3.63, 3.8) is 0 Å². The van der Waals surface area contributed by atoms with Gasteiger partial charge in [0, 0.05) is 12.1 Å². The molecule has 1 aliphatic rings. The highest BCUT2D eigenvalue weighted by Gasteiger charge is 2.28. The van der Waals surface area contributed by atoms with Crippen molar-refractivity contribution < 1.29 is 9.90 Å². The lowest BCUT2D eigenvalue weighted by atomic mass is 9.94. The number of aromatic carboxylic acids is 1. The van der Waals surface area contributed by atoms with E-state index in [1.54, 1.807) is 10.9 Å². The molecule has 4 N–H and O–H groups in total. The van der Waals surface area contributed by atoms with Gasteiger partial charge in [0.2, 0.25) is 0 Å². The van der Waals surface area contributed by atoms with Gasteiger partial charge in [-0.1, -0.05) is 0 Å². The van der Waals surface area contributed by atoms with Crippen molar-refractivity contribution >= 4 is 18.4 Å². The number of nitrogens with two attached hydrogens (primary N) is 1. The Bertz CT molecular complexity index is 634. The molecule has 2 aromatic rings. The normalized spacial score (nSPS) is 12.4. The molecule has 3 rings (SSSR count). The lowest BCUT2D eigenvalue weighted by molar-refractivity contribution is 0.0688. The summed E-state index contributed by atoms with van der Waals surface area (Å²) in [7, 11) is 0. The number of aryl methyl sites for hydroxylation is 2. The maximum atomic E-state index is 11.3. The molecule has 0 unspecified atom stereocenters. The summed E-state index contributed by atoms with van der Waals surface area (Å²) in [5.74, 6) is -0.981. The van der Waals surface area contributed by atoms with Crippen LogP contribution in [0.25, 0.3) is 11.4 Å². The fourth-order valence-corrected chi connectivity index (χ4v) is 2.56. The summed E-state index contributed by atoms with van der Waals surface area (Å²) in [6.45, 7) is 1.16. The maximum absolute atomic E-state index is 11.3. The van der Waals surface area contributed by atoms with Gasteiger partial charge in [0.25, 0.3) is 0 Å². The smallest absolute Gasteiger partial charge is 0.356 e. The molecule has 8 heteroatoms. The van der Waals surface area contributed by atoms with E-state index in [2.05, 4.69) is 15.3 Å². The van der Waals surface area contributed by atoms with Crippen LogP contribution in [0.4, 0.5) is 0 Å². The van der Waals surface area contributed by atoms with Gasteiger partial charge in [-0.25, -0.2) is 4.79 Å². The number of nitrogens with one attached hydrogen (secondary N) is 1. The molecule has 0 saturated heterocycles. The van der Waals surface area contributed by atoms with Crippen molar-refractivity contribution in [2.75, 3.05) is 6.54 Å². The van der Waals surface area contributed by atoms with Crippen LogP contribution >= 0.6 is 12.4 Å². The minimum Gasteiger partial charge on any atom is -0.476 e. The van der Waals surface area contributed by atoms with Crippen molar-refractivity contribution in [2.45, 2.75) is 25.8 Å². The molecule has 0 saturated carbocycles. The summed E-state index contributed by atoms with van der Waals surface area (Å²) in [5, 5.41) is 20.5. The number of H-pyrrole nitrogens is 1. The molecule has 0 spiro atoms. The fraction of sp³-hybridized carbons (Fsp3) is 0.417. The van der Waals surface area contributed by atoms with E-state index in [0.717, 1.165) is 35.4 Å². The van der Waals surface area contributed by atoms with Crippen molar-refractivity contribution in [3.8, 4) is 11.4 Å². The number of hydrogen-bond donors (Lipinski definition) is 3. The molecule has 0 fully saturated rings. The predicted molar refractivity (Wildman–Crippen MR) is 75.1 cm³/mol. The average Bonchev–Trinajstić information content (AvgIpc) is 2.99. The van der Waals surface area contributed by atoms with Crippen LogP contribution in [0.2, 0.25) is 0 Å². The Morgan fingerprint density at radius 2 is 2.30 bits per heavy atom. The first-order valence-corrected chi connectivity index (χ1v) is 6.28. The minimum atomic E-state index is -0.981. The van der Waals surface area contributed by atoms with Gasteiger partial charge in [0.1, 0.15) is 0 Å². The molecule has 0 amide bonds. The van der Waals surface area contributed by atoms with Gasteiger partial charge < -0.3 is 10.8 Å². The third kappa shape index (κ3) is 2.19. The third-order valence-electron chi connectivity index (χ3n) is 3.43. The lowest BCUT2D eigenvalue weighted by Crippen LogP contribution is -2.10. The first-order chi connectivity index (χ1) is 9.22. The van der Waals surface area contributed by atoms with Gasteiger partial charge in [-0.2, -0.15) is 10.2 Å². The molecular weight excluding hydrogens is 282 g/mol. The lowest BCUT2D eigenvalue weighted by Gasteiger charge is -2.14. The van der Waals surface area contributed by atoms with Crippen LogP contribution in [-0.2, 0) is 19.4 Å². The van der Waals surface area contributed by atoms with Gasteiger partial charge in [-0.15, -0.1) is 12.4 Å². The van der Waals surface area contributed by atoms with Gasteiger partial charge in [0.15, 0.2) is 5.69 Å². The SMILES string of the molecule is Cl.NCCCn1nc(C(=O)O)c2c1-c1[nH]ncc1CC2. The Morgan fingerprint density at radius 1 is 1.50 bits per heavy atom. The van der Waals surface area contributed by atoms with Crippen LogP contribution in [0.15, 0.2) is 6.20 Å². The van der Waals surface area contributed by atoms with Gasteiger partial charge in [0.05, 0.1) is 17.6 Å². The largest absolute Gasteiger partial charge is 0.476 e. The summed E-state index contributed by atoms with van der Waals surface area (Å²) in [5.41, 5.74) is 9.30. The Labute approximate surface area is 121 Å². The van der Waals surface area contributed by atoms with Crippen LogP contribution in [0, 0.1) is 0 Å². The van der Waals surface area contributed by atoms with Gasteiger partial charge in [-0.3, -0.25) is 9.78 Å². The second kappa shape index (κ2) is 5.64. The highest BCUT2D eigenvalue weighted by Crippen LogP contribution is 2.33. The Hall–Kier alpha value is -1.86. The van der Waals surface area contributed by atoms with E-state index in [0.29, 0.717) is 19.5 Å². The second-order valence-corrected chi connectivity index (χ2v) is 4.62. The van der Waals surface area contributed by atoms with Crippen LogP contribution in [-0.4, -0.2) is 37.6 Å². The van der Waals surface area contributed by atoms with Gasteiger partial charge >= 0.3 is 5.97 Å². The number of carboxylic acids is 1. The molecule has 108 valence electrons. The number of carboxylic acid groups (broad SMARTS) is 1. The Kier molecular flexibility index (Phi) is 4.10. The highest BCUT2D eigenvalue weighted by molar-refractivity contribution is 5.90. The zero-order chi connectivity index (χ0) is 13.4. The van der Waals surface area contributed by atoms with E-state index < -0.39 is 5.97 Å². The molecule has 2 aromatic heterocycles. The number of carbonyl (C=O) groups is 1. The highest BCUT2D eigenvalue weighted by atomic mass is 35.5.